The minimum absolute atomic E-state index is 0.132. The Morgan fingerprint density at radius 1 is 1.00 bits per heavy atom. The van der Waals surface area contributed by atoms with Crippen molar-refractivity contribution in [3.05, 3.63) is 76.5 Å². The van der Waals surface area contributed by atoms with Crippen LogP contribution in [0.1, 0.15) is 11.5 Å². The number of H-pyrrole nitrogens is 1. The summed E-state index contributed by atoms with van der Waals surface area (Å²) in [7, 11) is 1.80. The van der Waals surface area contributed by atoms with E-state index in [1.54, 1.807) is 11.6 Å². The molecule has 3 aromatic carbocycles. The molecule has 0 aliphatic heterocycles. The first-order chi connectivity index (χ1) is 13.5. The van der Waals surface area contributed by atoms with Crippen molar-refractivity contribution in [3.8, 4) is 22.3 Å². The number of aromatic amines is 1. The third-order valence-corrected chi connectivity index (χ3v) is 5.39. The van der Waals surface area contributed by atoms with Gasteiger partial charge in [-0.3, -0.25) is 4.57 Å². The fourth-order valence-electron chi connectivity index (χ4n) is 4.10. The zero-order valence-corrected chi connectivity index (χ0v) is 15.9. The quantitative estimate of drug-likeness (QED) is 0.478. The molecule has 28 heavy (non-hydrogen) atoms. The number of nitrogens with zero attached hydrogens (tertiary/aromatic N) is 2. The van der Waals surface area contributed by atoms with Crippen molar-refractivity contribution in [1.82, 2.24) is 14.7 Å². The van der Waals surface area contributed by atoms with E-state index in [-0.39, 0.29) is 5.69 Å². The summed E-state index contributed by atoms with van der Waals surface area (Å²) >= 11 is 0. The van der Waals surface area contributed by atoms with Gasteiger partial charge in [-0.1, -0.05) is 47.6 Å². The summed E-state index contributed by atoms with van der Waals surface area (Å²) in [6.07, 6.45) is 0. The largest absolute Gasteiger partial charge is 0.361 e. The summed E-state index contributed by atoms with van der Waals surface area (Å²) in [5.41, 5.74) is 6.43. The topological polar surface area (TPSA) is 63.8 Å². The van der Waals surface area contributed by atoms with Crippen LogP contribution in [0.2, 0.25) is 0 Å². The Labute approximate surface area is 161 Å². The molecule has 0 unspecified atom stereocenters. The van der Waals surface area contributed by atoms with Crippen LogP contribution in [0.15, 0.2) is 63.9 Å². The first-order valence-electron chi connectivity index (χ1n) is 9.18. The molecule has 5 aromatic rings. The molecule has 0 amide bonds. The average Bonchev–Trinajstić information content (AvgIpc) is 3.18. The highest BCUT2D eigenvalue weighted by atomic mass is 16.5. The maximum Gasteiger partial charge on any atom is 0.326 e. The number of fused-ring (bicyclic) bond motifs is 2. The van der Waals surface area contributed by atoms with Gasteiger partial charge in [-0.15, -0.1) is 0 Å². The number of rotatable bonds is 2. The van der Waals surface area contributed by atoms with E-state index in [2.05, 4.69) is 46.5 Å². The second-order valence-corrected chi connectivity index (χ2v) is 7.14. The molecule has 1 N–H and O–H groups in total. The van der Waals surface area contributed by atoms with Crippen molar-refractivity contribution in [2.75, 3.05) is 0 Å². The van der Waals surface area contributed by atoms with E-state index in [0.717, 1.165) is 55.5 Å². The molecule has 0 saturated heterocycles. The van der Waals surface area contributed by atoms with E-state index in [1.807, 2.05) is 32.0 Å². The van der Waals surface area contributed by atoms with Crippen molar-refractivity contribution < 1.29 is 4.52 Å². The van der Waals surface area contributed by atoms with E-state index in [0.29, 0.717) is 0 Å². The molecule has 0 aliphatic carbocycles. The predicted molar refractivity (Wildman–Crippen MR) is 111 cm³/mol. The van der Waals surface area contributed by atoms with E-state index in [4.69, 9.17) is 4.52 Å². The van der Waals surface area contributed by atoms with E-state index in [9.17, 15) is 4.79 Å². The van der Waals surface area contributed by atoms with Crippen LogP contribution < -0.4 is 5.69 Å². The van der Waals surface area contributed by atoms with Gasteiger partial charge < -0.3 is 9.51 Å². The Morgan fingerprint density at radius 2 is 1.79 bits per heavy atom. The number of benzene rings is 3. The summed E-state index contributed by atoms with van der Waals surface area (Å²) in [6.45, 7) is 3.84. The number of hydrogen-bond donors (Lipinski definition) is 1. The van der Waals surface area contributed by atoms with Gasteiger partial charge in [0.1, 0.15) is 5.76 Å². The Morgan fingerprint density at radius 3 is 2.57 bits per heavy atom. The molecule has 0 bridgehead atoms. The molecule has 5 nitrogen and oxygen atoms in total. The van der Waals surface area contributed by atoms with Gasteiger partial charge in [0.15, 0.2) is 0 Å². The number of nitrogens with one attached hydrogen (secondary N) is 1. The molecule has 2 aromatic heterocycles. The monoisotopic (exact) mass is 369 g/mol. The first kappa shape index (κ1) is 16.6. The van der Waals surface area contributed by atoms with Crippen molar-refractivity contribution in [3.63, 3.8) is 0 Å². The first-order valence-corrected chi connectivity index (χ1v) is 9.18. The lowest BCUT2D eigenvalue weighted by Crippen LogP contribution is -2.12. The lowest BCUT2D eigenvalue weighted by Gasteiger charge is -2.12. The minimum Gasteiger partial charge on any atom is -0.361 e. The SMILES string of the molecule is Cc1noc(C)c1-c1cc(-c2cccc3ccccc23)c2c(c1)[nH]c(=O)n2C. The molecule has 0 aliphatic rings. The number of hydrogen-bond acceptors (Lipinski definition) is 3. The van der Waals surface area contributed by atoms with E-state index < -0.39 is 0 Å². The fraction of sp³-hybridized carbons (Fsp3) is 0.130. The number of aromatic nitrogens is 3. The van der Waals surface area contributed by atoms with Gasteiger partial charge >= 0.3 is 5.69 Å². The molecular formula is C23H19N3O2. The molecule has 5 heteroatoms. The molecular weight excluding hydrogens is 350 g/mol. The summed E-state index contributed by atoms with van der Waals surface area (Å²) in [5.74, 6) is 0.763. The van der Waals surface area contributed by atoms with Crippen LogP contribution in [0, 0.1) is 13.8 Å². The van der Waals surface area contributed by atoms with Crippen molar-refractivity contribution in [2.45, 2.75) is 13.8 Å². The lowest BCUT2D eigenvalue weighted by molar-refractivity contribution is 0.393. The second kappa shape index (κ2) is 5.96. The van der Waals surface area contributed by atoms with Gasteiger partial charge in [0.2, 0.25) is 0 Å². The standard InChI is InChI=1S/C23H19N3O2/c1-13-21(14(2)28-25-13)16-11-19(22-20(12-16)24-23(27)26(22)3)18-10-6-8-15-7-4-5-9-17(15)18/h4-12H,1-3H3,(H,24,27). The Balaban J connectivity index is 1.93. The van der Waals surface area contributed by atoms with Crippen LogP contribution >= 0.6 is 0 Å². The normalized spacial score (nSPS) is 11.5. The molecule has 2 heterocycles. The highest BCUT2D eigenvalue weighted by Crippen LogP contribution is 2.38. The Hall–Kier alpha value is -3.60. The van der Waals surface area contributed by atoms with Gasteiger partial charge in [-0.25, -0.2) is 4.79 Å². The lowest BCUT2D eigenvalue weighted by atomic mass is 9.93. The highest BCUT2D eigenvalue weighted by Gasteiger charge is 2.18. The second-order valence-electron chi connectivity index (χ2n) is 7.14. The third kappa shape index (κ3) is 2.33. The Bertz CT molecular complexity index is 1390. The van der Waals surface area contributed by atoms with Crippen LogP contribution in [0.4, 0.5) is 0 Å². The summed E-state index contributed by atoms with van der Waals surface area (Å²) in [6, 6.07) is 18.7. The van der Waals surface area contributed by atoms with Crippen molar-refractivity contribution >= 4 is 21.8 Å². The predicted octanol–water partition coefficient (Wildman–Crippen LogP) is 4.96. The molecule has 0 spiro atoms. The van der Waals surface area contributed by atoms with Gasteiger partial charge in [0.05, 0.1) is 16.7 Å². The maximum atomic E-state index is 12.4. The maximum absolute atomic E-state index is 12.4. The number of imidazole rings is 1. The number of aryl methyl sites for hydroxylation is 3. The Kier molecular flexibility index (Phi) is 3.52. The molecule has 0 radical (unpaired) electrons. The zero-order valence-electron chi connectivity index (χ0n) is 15.9. The minimum atomic E-state index is -0.132. The van der Waals surface area contributed by atoms with Gasteiger partial charge in [-0.05, 0) is 47.9 Å². The summed E-state index contributed by atoms with van der Waals surface area (Å²) < 4.78 is 7.05. The third-order valence-electron chi connectivity index (χ3n) is 5.39. The molecule has 0 fully saturated rings. The van der Waals surface area contributed by atoms with Crippen molar-refractivity contribution in [1.29, 1.82) is 0 Å². The van der Waals surface area contributed by atoms with Gasteiger partial charge in [-0.2, -0.15) is 0 Å². The summed E-state index contributed by atoms with van der Waals surface area (Å²) in [5, 5.41) is 6.41. The molecule has 0 atom stereocenters. The average molecular weight is 369 g/mol. The van der Waals surface area contributed by atoms with Gasteiger partial charge in [0, 0.05) is 18.2 Å². The van der Waals surface area contributed by atoms with Crippen LogP contribution in [0.25, 0.3) is 44.1 Å². The van der Waals surface area contributed by atoms with E-state index >= 15 is 0 Å². The van der Waals surface area contributed by atoms with Crippen molar-refractivity contribution in [2.24, 2.45) is 7.05 Å². The smallest absolute Gasteiger partial charge is 0.326 e. The van der Waals surface area contributed by atoms with Crippen LogP contribution in [0.5, 0.6) is 0 Å². The highest BCUT2D eigenvalue weighted by molar-refractivity contribution is 6.05. The zero-order chi connectivity index (χ0) is 19.4. The van der Waals surface area contributed by atoms with Crippen LogP contribution in [-0.2, 0) is 7.05 Å². The molecule has 0 saturated carbocycles. The molecule has 5 rings (SSSR count). The summed E-state index contributed by atoms with van der Waals surface area (Å²) in [4.78, 5) is 15.4. The van der Waals surface area contributed by atoms with Crippen LogP contribution in [-0.4, -0.2) is 14.7 Å². The van der Waals surface area contributed by atoms with Gasteiger partial charge in [0.25, 0.3) is 0 Å². The van der Waals surface area contributed by atoms with E-state index in [1.165, 1.54) is 0 Å². The molecule has 138 valence electrons. The fourth-order valence-corrected chi connectivity index (χ4v) is 4.10. The van der Waals surface area contributed by atoms with Crippen LogP contribution in [0.3, 0.4) is 0 Å².